The molecule has 2 aliphatic rings. The largest absolute Gasteiger partial charge is 0.327 e. The third kappa shape index (κ3) is 2.52. The first-order chi connectivity index (χ1) is 7.18. The third-order valence-electron chi connectivity index (χ3n) is 4.19. The summed E-state index contributed by atoms with van der Waals surface area (Å²) in [6.45, 7) is 9.51. The zero-order valence-electron chi connectivity index (χ0n) is 10.2. The highest BCUT2D eigenvalue weighted by Crippen LogP contribution is 2.22. The first kappa shape index (κ1) is 11.4. The lowest BCUT2D eigenvalue weighted by atomic mass is 10.1. The van der Waals surface area contributed by atoms with Crippen molar-refractivity contribution in [2.45, 2.75) is 51.2 Å². The number of nitrogens with two attached hydrogens (primary N) is 1. The Labute approximate surface area is 93.6 Å². The number of hydrogen-bond donors (Lipinski definition) is 1. The fraction of sp³-hybridized carbons (Fsp3) is 1.00. The second kappa shape index (κ2) is 4.81. The van der Waals surface area contributed by atoms with Gasteiger partial charge in [-0.3, -0.25) is 9.80 Å². The number of likely N-dealkylation sites (tertiary alicyclic amines) is 2. The van der Waals surface area contributed by atoms with Crippen molar-refractivity contribution in [3.63, 3.8) is 0 Å². The molecule has 0 aromatic rings. The summed E-state index contributed by atoms with van der Waals surface area (Å²) in [5, 5.41) is 0. The lowest BCUT2D eigenvalue weighted by Crippen LogP contribution is -2.45. The van der Waals surface area contributed by atoms with E-state index in [1.54, 1.807) is 0 Å². The van der Waals surface area contributed by atoms with Crippen LogP contribution in [0.5, 0.6) is 0 Å². The summed E-state index contributed by atoms with van der Waals surface area (Å²) in [6, 6.07) is 1.65. The lowest BCUT2D eigenvalue weighted by molar-refractivity contribution is 0.194. The van der Waals surface area contributed by atoms with E-state index in [1.807, 2.05) is 0 Å². The number of nitrogens with zero attached hydrogens (tertiary/aromatic N) is 2. The third-order valence-corrected chi connectivity index (χ3v) is 4.19. The van der Waals surface area contributed by atoms with E-state index in [4.69, 9.17) is 5.73 Å². The normalized spacial score (nSPS) is 33.4. The predicted octanol–water partition coefficient (Wildman–Crippen LogP) is 0.892. The van der Waals surface area contributed by atoms with Crippen LogP contribution in [0.3, 0.4) is 0 Å². The van der Waals surface area contributed by atoms with Crippen LogP contribution in [0.2, 0.25) is 0 Å². The van der Waals surface area contributed by atoms with Gasteiger partial charge in [0.05, 0.1) is 0 Å². The minimum atomic E-state index is 0.294. The second-order valence-corrected chi connectivity index (χ2v) is 5.28. The molecule has 0 amide bonds. The molecule has 2 saturated heterocycles. The van der Waals surface area contributed by atoms with Crippen LogP contribution in [-0.2, 0) is 0 Å². The zero-order valence-corrected chi connectivity index (χ0v) is 10.2. The Bertz CT molecular complexity index is 191. The molecule has 0 bridgehead atoms. The highest BCUT2D eigenvalue weighted by Gasteiger charge is 2.31. The summed E-state index contributed by atoms with van der Waals surface area (Å²) >= 11 is 0. The highest BCUT2D eigenvalue weighted by atomic mass is 15.3. The van der Waals surface area contributed by atoms with E-state index < -0.39 is 0 Å². The molecule has 88 valence electrons. The summed E-state index contributed by atoms with van der Waals surface area (Å²) in [7, 11) is 0. The van der Waals surface area contributed by atoms with Crippen LogP contribution in [0.25, 0.3) is 0 Å². The lowest BCUT2D eigenvalue weighted by Gasteiger charge is -2.29. The first-order valence-corrected chi connectivity index (χ1v) is 6.42. The van der Waals surface area contributed by atoms with Crippen LogP contribution in [0, 0.1) is 0 Å². The quantitative estimate of drug-likeness (QED) is 0.752. The Hall–Kier alpha value is -0.120. The summed E-state index contributed by atoms with van der Waals surface area (Å²) in [4.78, 5) is 5.24. The molecule has 0 aromatic heterocycles. The van der Waals surface area contributed by atoms with Gasteiger partial charge in [-0.2, -0.15) is 0 Å². The highest BCUT2D eigenvalue weighted by molar-refractivity contribution is 4.89. The van der Waals surface area contributed by atoms with E-state index in [-0.39, 0.29) is 0 Å². The van der Waals surface area contributed by atoms with Crippen molar-refractivity contribution in [2.75, 3.05) is 26.2 Å². The Kier molecular flexibility index (Phi) is 3.65. The number of hydrogen-bond acceptors (Lipinski definition) is 3. The summed E-state index contributed by atoms with van der Waals surface area (Å²) in [5.74, 6) is 0. The molecule has 0 radical (unpaired) electrons. The van der Waals surface area contributed by atoms with Crippen molar-refractivity contribution in [3.05, 3.63) is 0 Å². The van der Waals surface area contributed by atoms with Crippen LogP contribution >= 0.6 is 0 Å². The van der Waals surface area contributed by atoms with Crippen LogP contribution in [0.4, 0.5) is 0 Å². The average Bonchev–Trinajstić information content (AvgIpc) is 2.86. The molecular formula is C12H25N3. The molecule has 3 heteroatoms. The van der Waals surface area contributed by atoms with Crippen molar-refractivity contribution in [1.29, 1.82) is 0 Å². The molecular weight excluding hydrogens is 186 g/mol. The Morgan fingerprint density at radius 1 is 1.13 bits per heavy atom. The Morgan fingerprint density at radius 2 is 1.80 bits per heavy atom. The molecule has 3 atom stereocenters. The first-order valence-electron chi connectivity index (χ1n) is 6.42. The van der Waals surface area contributed by atoms with E-state index in [1.165, 1.54) is 45.4 Å². The molecule has 0 spiro atoms. The van der Waals surface area contributed by atoms with Crippen molar-refractivity contribution >= 4 is 0 Å². The SMILES string of the molecule is CC(N)C(C)N1CCC(N2CCCC2)C1. The van der Waals surface area contributed by atoms with Gasteiger partial charge in [-0.25, -0.2) is 0 Å². The minimum Gasteiger partial charge on any atom is -0.327 e. The van der Waals surface area contributed by atoms with Gasteiger partial charge in [0.1, 0.15) is 0 Å². The maximum absolute atomic E-state index is 5.96. The van der Waals surface area contributed by atoms with Gasteiger partial charge >= 0.3 is 0 Å². The smallest absolute Gasteiger partial charge is 0.0235 e. The van der Waals surface area contributed by atoms with E-state index in [0.29, 0.717) is 12.1 Å². The van der Waals surface area contributed by atoms with Gasteiger partial charge in [-0.15, -0.1) is 0 Å². The topological polar surface area (TPSA) is 32.5 Å². The van der Waals surface area contributed by atoms with Crippen molar-refractivity contribution in [3.8, 4) is 0 Å². The maximum atomic E-state index is 5.96. The Balaban J connectivity index is 1.83. The summed E-state index contributed by atoms with van der Waals surface area (Å²) < 4.78 is 0. The van der Waals surface area contributed by atoms with E-state index in [9.17, 15) is 0 Å². The molecule has 3 unspecified atom stereocenters. The van der Waals surface area contributed by atoms with Crippen molar-refractivity contribution < 1.29 is 0 Å². The molecule has 0 saturated carbocycles. The number of rotatable bonds is 3. The summed E-state index contributed by atoms with van der Waals surface area (Å²) in [5.41, 5.74) is 5.96. The average molecular weight is 211 g/mol. The molecule has 2 heterocycles. The maximum Gasteiger partial charge on any atom is 0.0235 e. The van der Waals surface area contributed by atoms with Crippen molar-refractivity contribution in [1.82, 2.24) is 9.80 Å². The summed E-state index contributed by atoms with van der Waals surface area (Å²) in [6.07, 6.45) is 4.15. The molecule has 2 rings (SSSR count). The molecule has 3 nitrogen and oxygen atoms in total. The van der Waals surface area contributed by atoms with Gasteiger partial charge in [0.15, 0.2) is 0 Å². The van der Waals surface area contributed by atoms with Crippen LogP contribution in [-0.4, -0.2) is 54.1 Å². The molecule has 2 N–H and O–H groups in total. The van der Waals surface area contributed by atoms with Gasteiger partial charge in [-0.1, -0.05) is 0 Å². The van der Waals surface area contributed by atoms with E-state index in [2.05, 4.69) is 23.6 Å². The van der Waals surface area contributed by atoms with E-state index in [0.717, 1.165) is 6.04 Å². The minimum absolute atomic E-state index is 0.294. The van der Waals surface area contributed by atoms with Crippen LogP contribution in [0.15, 0.2) is 0 Å². The van der Waals surface area contributed by atoms with Gasteiger partial charge < -0.3 is 5.73 Å². The van der Waals surface area contributed by atoms with Crippen molar-refractivity contribution in [2.24, 2.45) is 5.73 Å². The molecule has 0 aromatic carbocycles. The molecule has 0 aliphatic carbocycles. The monoisotopic (exact) mass is 211 g/mol. The standard InChI is InChI=1S/C12H25N3/c1-10(13)11(2)15-8-5-12(9-15)14-6-3-4-7-14/h10-12H,3-9,13H2,1-2H3. The van der Waals surface area contributed by atoms with Gasteiger partial charge in [0.25, 0.3) is 0 Å². The zero-order chi connectivity index (χ0) is 10.8. The molecule has 15 heavy (non-hydrogen) atoms. The predicted molar refractivity (Wildman–Crippen MR) is 63.9 cm³/mol. The fourth-order valence-corrected chi connectivity index (χ4v) is 2.88. The van der Waals surface area contributed by atoms with Crippen LogP contribution < -0.4 is 5.73 Å². The Morgan fingerprint density at radius 3 is 2.40 bits per heavy atom. The molecule has 2 fully saturated rings. The second-order valence-electron chi connectivity index (χ2n) is 5.28. The van der Waals surface area contributed by atoms with E-state index >= 15 is 0 Å². The van der Waals surface area contributed by atoms with Gasteiger partial charge in [0.2, 0.25) is 0 Å². The van der Waals surface area contributed by atoms with Gasteiger partial charge in [-0.05, 0) is 46.2 Å². The fourth-order valence-electron chi connectivity index (χ4n) is 2.88. The van der Waals surface area contributed by atoms with Gasteiger partial charge in [0, 0.05) is 31.2 Å². The molecule has 2 aliphatic heterocycles. The van der Waals surface area contributed by atoms with Crippen LogP contribution in [0.1, 0.15) is 33.1 Å².